The van der Waals surface area contributed by atoms with Crippen molar-refractivity contribution in [3.63, 3.8) is 0 Å². The van der Waals surface area contributed by atoms with Gasteiger partial charge in [0.05, 0.1) is 5.69 Å². The van der Waals surface area contributed by atoms with Gasteiger partial charge in [-0.1, -0.05) is 37.6 Å². The van der Waals surface area contributed by atoms with Crippen molar-refractivity contribution in [3.05, 3.63) is 53.6 Å². The predicted octanol–water partition coefficient (Wildman–Crippen LogP) is 3.83. The van der Waals surface area contributed by atoms with Crippen molar-refractivity contribution in [2.45, 2.75) is 32.5 Å². The standard InChI is InChI=1S/C23H29ClN2O4/c1-16(2)23(28)25-21-5-3-4-6-22(21)29-15-18(27)13-26-12-11-20(14-26)30-19-9-7-17(24)8-10-19/h3-10,16,18,20,27H,11-15H2,1-2H3,(H,25,28). The van der Waals surface area contributed by atoms with Crippen LogP contribution in [0.5, 0.6) is 11.5 Å². The fourth-order valence-corrected chi connectivity index (χ4v) is 3.40. The Bertz CT molecular complexity index is 828. The first kappa shape index (κ1) is 22.4. The lowest BCUT2D eigenvalue weighted by Gasteiger charge is -2.21. The first-order chi connectivity index (χ1) is 14.4. The molecule has 1 heterocycles. The minimum absolute atomic E-state index is 0.0737. The Hall–Kier alpha value is -2.28. The molecule has 2 N–H and O–H groups in total. The summed E-state index contributed by atoms with van der Waals surface area (Å²) in [4.78, 5) is 14.1. The lowest BCUT2D eigenvalue weighted by atomic mass is 10.2. The number of hydrogen-bond acceptors (Lipinski definition) is 5. The van der Waals surface area contributed by atoms with Crippen molar-refractivity contribution in [2.75, 3.05) is 31.6 Å². The molecule has 162 valence electrons. The van der Waals surface area contributed by atoms with Crippen LogP contribution in [0, 0.1) is 5.92 Å². The van der Waals surface area contributed by atoms with Crippen molar-refractivity contribution >= 4 is 23.2 Å². The van der Waals surface area contributed by atoms with Crippen molar-refractivity contribution < 1.29 is 19.4 Å². The second kappa shape index (κ2) is 10.7. The molecule has 0 saturated carbocycles. The number of β-amino-alcohol motifs (C(OH)–C–C–N with tert-alkyl or cyclic N) is 1. The van der Waals surface area contributed by atoms with Crippen LogP contribution in [0.4, 0.5) is 5.69 Å². The normalized spacial score (nSPS) is 17.7. The number of nitrogens with zero attached hydrogens (tertiary/aromatic N) is 1. The molecular weight excluding hydrogens is 404 g/mol. The Morgan fingerprint density at radius 1 is 1.23 bits per heavy atom. The molecule has 1 saturated heterocycles. The molecule has 7 heteroatoms. The van der Waals surface area contributed by atoms with E-state index in [1.807, 2.05) is 50.2 Å². The number of halogens is 1. The van der Waals surface area contributed by atoms with E-state index in [1.54, 1.807) is 12.1 Å². The molecule has 2 aromatic carbocycles. The number of aliphatic hydroxyl groups is 1. The summed E-state index contributed by atoms with van der Waals surface area (Å²) in [6, 6.07) is 14.6. The summed E-state index contributed by atoms with van der Waals surface area (Å²) in [6.45, 7) is 5.93. The highest BCUT2D eigenvalue weighted by atomic mass is 35.5. The van der Waals surface area contributed by atoms with E-state index < -0.39 is 6.10 Å². The average Bonchev–Trinajstić information content (AvgIpc) is 3.15. The number of nitrogens with one attached hydrogen (secondary N) is 1. The molecule has 0 radical (unpaired) electrons. The Morgan fingerprint density at radius 3 is 2.70 bits per heavy atom. The zero-order valence-electron chi connectivity index (χ0n) is 17.4. The molecule has 6 nitrogen and oxygen atoms in total. The molecule has 0 spiro atoms. The van der Waals surface area contributed by atoms with Gasteiger partial charge in [-0.3, -0.25) is 9.69 Å². The van der Waals surface area contributed by atoms with Gasteiger partial charge in [-0.15, -0.1) is 0 Å². The summed E-state index contributed by atoms with van der Waals surface area (Å²) in [5.74, 6) is 1.16. The molecule has 2 atom stereocenters. The van der Waals surface area contributed by atoms with Crippen LogP contribution in [-0.2, 0) is 4.79 Å². The number of ether oxygens (including phenoxy) is 2. The highest BCUT2D eigenvalue weighted by Gasteiger charge is 2.26. The molecule has 1 aliphatic rings. The molecule has 3 rings (SSSR count). The first-order valence-electron chi connectivity index (χ1n) is 10.3. The van der Waals surface area contributed by atoms with Crippen LogP contribution >= 0.6 is 11.6 Å². The molecule has 0 bridgehead atoms. The number of carbonyl (C=O) groups excluding carboxylic acids is 1. The number of likely N-dealkylation sites (tertiary alicyclic amines) is 1. The summed E-state index contributed by atoms with van der Waals surface area (Å²) in [7, 11) is 0. The van der Waals surface area contributed by atoms with E-state index in [1.165, 1.54) is 0 Å². The number of carbonyl (C=O) groups is 1. The van der Waals surface area contributed by atoms with Gasteiger partial charge in [0.15, 0.2) is 0 Å². The molecule has 1 aliphatic heterocycles. The van der Waals surface area contributed by atoms with Gasteiger partial charge in [0, 0.05) is 30.6 Å². The summed E-state index contributed by atoms with van der Waals surface area (Å²) in [5.41, 5.74) is 0.612. The van der Waals surface area contributed by atoms with E-state index in [2.05, 4.69) is 10.2 Å². The lowest BCUT2D eigenvalue weighted by Crippen LogP contribution is -2.35. The fourth-order valence-electron chi connectivity index (χ4n) is 3.27. The van der Waals surface area contributed by atoms with Gasteiger partial charge < -0.3 is 19.9 Å². The van der Waals surface area contributed by atoms with Crippen LogP contribution in [0.25, 0.3) is 0 Å². The minimum Gasteiger partial charge on any atom is -0.489 e. The number of rotatable bonds is 9. The quantitative estimate of drug-likeness (QED) is 0.630. The molecular formula is C23H29ClN2O4. The Morgan fingerprint density at radius 2 is 1.97 bits per heavy atom. The Kier molecular flexibility index (Phi) is 7.96. The molecule has 2 unspecified atom stereocenters. The SMILES string of the molecule is CC(C)C(=O)Nc1ccccc1OCC(O)CN1CCC(Oc2ccc(Cl)cc2)C1. The maximum atomic E-state index is 12.0. The van der Waals surface area contributed by atoms with Crippen LogP contribution in [0.15, 0.2) is 48.5 Å². The molecule has 30 heavy (non-hydrogen) atoms. The minimum atomic E-state index is -0.645. The van der Waals surface area contributed by atoms with E-state index in [0.29, 0.717) is 23.0 Å². The lowest BCUT2D eigenvalue weighted by molar-refractivity contribution is -0.118. The first-order valence-corrected chi connectivity index (χ1v) is 10.6. The largest absolute Gasteiger partial charge is 0.489 e. The molecule has 1 amide bonds. The monoisotopic (exact) mass is 432 g/mol. The third-order valence-electron chi connectivity index (χ3n) is 4.92. The maximum absolute atomic E-state index is 12.0. The zero-order chi connectivity index (χ0) is 21.5. The molecule has 2 aromatic rings. The van der Waals surface area contributed by atoms with Crippen molar-refractivity contribution in [1.82, 2.24) is 4.90 Å². The number of anilines is 1. The molecule has 0 aromatic heterocycles. The second-order valence-corrected chi connectivity index (χ2v) is 8.28. The van der Waals surface area contributed by atoms with Crippen LogP contribution < -0.4 is 14.8 Å². The van der Waals surface area contributed by atoms with E-state index in [9.17, 15) is 9.90 Å². The number of hydrogen-bond donors (Lipinski definition) is 2. The number of amides is 1. The van der Waals surface area contributed by atoms with Crippen LogP contribution in [0.2, 0.25) is 5.02 Å². The molecule has 0 aliphatic carbocycles. The van der Waals surface area contributed by atoms with Crippen molar-refractivity contribution in [2.24, 2.45) is 5.92 Å². The third kappa shape index (κ3) is 6.62. The topological polar surface area (TPSA) is 71.0 Å². The van der Waals surface area contributed by atoms with Gasteiger partial charge in [-0.2, -0.15) is 0 Å². The highest BCUT2D eigenvalue weighted by molar-refractivity contribution is 6.30. The smallest absolute Gasteiger partial charge is 0.227 e. The van der Waals surface area contributed by atoms with Crippen LogP contribution in [-0.4, -0.2) is 54.4 Å². The van der Waals surface area contributed by atoms with Gasteiger partial charge in [0.25, 0.3) is 0 Å². The van der Waals surface area contributed by atoms with Crippen LogP contribution in [0.1, 0.15) is 20.3 Å². The van der Waals surface area contributed by atoms with Crippen molar-refractivity contribution in [1.29, 1.82) is 0 Å². The van der Waals surface area contributed by atoms with E-state index in [4.69, 9.17) is 21.1 Å². The number of para-hydroxylation sites is 2. The van der Waals surface area contributed by atoms with Gasteiger partial charge in [-0.05, 0) is 42.8 Å². The van der Waals surface area contributed by atoms with Gasteiger partial charge in [-0.25, -0.2) is 0 Å². The van der Waals surface area contributed by atoms with E-state index >= 15 is 0 Å². The van der Waals surface area contributed by atoms with Crippen LogP contribution in [0.3, 0.4) is 0 Å². The zero-order valence-corrected chi connectivity index (χ0v) is 18.1. The van der Waals surface area contributed by atoms with Crippen molar-refractivity contribution in [3.8, 4) is 11.5 Å². The van der Waals surface area contributed by atoms with Gasteiger partial charge >= 0.3 is 0 Å². The summed E-state index contributed by atoms with van der Waals surface area (Å²) < 4.78 is 11.8. The maximum Gasteiger partial charge on any atom is 0.227 e. The second-order valence-electron chi connectivity index (χ2n) is 7.85. The van der Waals surface area contributed by atoms with E-state index in [0.717, 1.165) is 25.3 Å². The predicted molar refractivity (Wildman–Crippen MR) is 118 cm³/mol. The van der Waals surface area contributed by atoms with Gasteiger partial charge in [0.1, 0.15) is 30.3 Å². The number of benzene rings is 2. The summed E-state index contributed by atoms with van der Waals surface area (Å²) in [5, 5.41) is 14.0. The third-order valence-corrected chi connectivity index (χ3v) is 5.17. The fraction of sp³-hybridized carbons (Fsp3) is 0.435. The molecule has 1 fully saturated rings. The Labute approximate surface area is 182 Å². The summed E-state index contributed by atoms with van der Waals surface area (Å²) in [6.07, 6.45) is 0.347. The average molecular weight is 433 g/mol. The Balaban J connectivity index is 1.45. The summed E-state index contributed by atoms with van der Waals surface area (Å²) >= 11 is 5.91. The van der Waals surface area contributed by atoms with E-state index in [-0.39, 0.29) is 24.5 Å². The van der Waals surface area contributed by atoms with Gasteiger partial charge in [0.2, 0.25) is 5.91 Å². The number of aliphatic hydroxyl groups excluding tert-OH is 1. The highest BCUT2D eigenvalue weighted by Crippen LogP contribution is 2.25.